The number of aryl methyl sites for hydroxylation is 2. The number of hydrogen-bond donors (Lipinski definition) is 2. The van der Waals surface area contributed by atoms with Crippen LogP contribution in [0.25, 0.3) is 21.7 Å². The number of benzene rings is 2. The van der Waals surface area contributed by atoms with Crippen molar-refractivity contribution in [2.45, 2.75) is 12.8 Å². The second kappa shape index (κ2) is 7.22. The summed E-state index contributed by atoms with van der Waals surface area (Å²) in [7, 11) is 1.70. The molecule has 6 heteroatoms. The van der Waals surface area contributed by atoms with Gasteiger partial charge in [0.25, 0.3) is 0 Å². The van der Waals surface area contributed by atoms with E-state index in [-0.39, 0.29) is 0 Å². The third-order valence-corrected chi connectivity index (χ3v) is 6.29. The van der Waals surface area contributed by atoms with E-state index < -0.39 is 0 Å². The highest BCUT2D eigenvalue weighted by Crippen LogP contribution is 2.42. The lowest BCUT2D eigenvalue weighted by atomic mass is 9.96. The van der Waals surface area contributed by atoms with Crippen molar-refractivity contribution in [3.63, 3.8) is 0 Å². The van der Waals surface area contributed by atoms with Gasteiger partial charge in [-0.3, -0.25) is 0 Å². The zero-order chi connectivity index (χ0) is 19.8. The molecular weight excluding hydrogens is 380 g/mol. The highest BCUT2D eigenvalue weighted by molar-refractivity contribution is 7.16. The van der Waals surface area contributed by atoms with Gasteiger partial charge < -0.3 is 15.8 Å². The molecule has 0 spiro atoms. The van der Waals surface area contributed by atoms with Crippen LogP contribution in [0.5, 0.6) is 5.75 Å². The standard InChI is InChI=1S/C23H20N4OS/c1-28-18-7-2-4-14(10-18)21-12-19-20(29-21)9-8-15-13-25-23(27-22(15)19)26-17-6-3-5-16(24)11-17/h2-7,10-13H,8-9,24H2,1H3,(H,25,26,27). The van der Waals surface area contributed by atoms with Gasteiger partial charge in [0.05, 0.1) is 12.8 Å². The first-order chi connectivity index (χ1) is 14.2. The van der Waals surface area contributed by atoms with E-state index >= 15 is 0 Å². The Hall–Kier alpha value is -3.38. The zero-order valence-corrected chi connectivity index (χ0v) is 16.8. The lowest BCUT2D eigenvalue weighted by molar-refractivity contribution is 0.415. The monoisotopic (exact) mass is 400 g/mol. The number of ether oxygens (including phenoxy) is 1. The van der Waals surface area contributed by atoms with E-state index in [4.69, 9.17) is 15.5 Å². The Kier molecular flexibility index (Phi) is 4.41. The van der Waals surface area contributed by atoms with Crippen molar-refractivity contribution in [1.82, 2.24) is 9.97 Å². The predicted octanol–water partition coefficient (Wildman–Crippen LogP) is 5.31. The van der Waals surface area contributed by atoms with E-state index in [2.05, 4.69) is 28.5 Å². The molecule has 0 radical (unpaired) electrons. The number of nitrogens with zero attached hydrogens (tertiary/aromatic N) is 2. The summed E-state index contributed by atoms with van der Waals surface area (Å²) in [5, 5.41) is 3.26. The first-order valence-electron chi connectivity index (χ1n) is 9.45. The molecule has 0 saturated carbocycles. The van der Waals surface area contributed by atoms with Crippen LogP contribution in [-0.4, -0.2) is 17.1 Å². The van der Waals surface area contributed by atoms with E-state index in [9.17, 15) is 0 Å². The topological polar surface area (TPSA) is 73.1 Å². The third kappa shape index (κ3) is 3.43. The van der Waals surface area contributed by atoms with Gasteiger partial charge in [-0.05, 0) is 60.4 Å². The van der Waals surface area contributed by atoms with Crippen molar-refractivity contribution in [3.05, 3.63) is 71.2 Å². The maximum Gasteiger partial charge on any atom is 0.227 e. The lowest BCUT2D eigenvalue weighted by Crippen LogP contribution is -2.07. The van der Waals surface area contributed by atoms with Crippen LogP contribution < -0.4 is 15.8 Å². The predicted molar refractivity (Wildman–Crippen MR) is 119 cm³/mol. The number of methoxy groups -OCH3 is 1. The quantitative estimate of drug-likeness (QED) is 0.455. The van der Waals surface area contributed by atoms with Gasteiger partial charge in [-0.25, -0.2) is 9.97 Å². The fourth-order valence-corrected chi connectivity index (χ4v) is 4.77. The Morgan fingerprint density at radius 2 is 1.97 bits per heavy atom. The minimum absolute atomic E-state index is 0.580. The summed E-state index contributed by atoms with van der Waals surface area (Å²) in [5.41, 5.74) is 12.0. The van der Waals surface area contributed by atoms with Gasteiger partial charge >= 0.3 is 0 Å². The van der Waals surface area contributed by atoms with Gasteiger partial charge in [0.2, 0.25) is 5.95 Å². The van der Waals surface area contributed by atoms with Crippen molar-refractivity contribution in [2.24, 2.45) is 0 Å². The summed E-state index contributed by atoms with van der Waals surface area (Å²) in [4.78, 5) is 11.9. The highest BCUT2D eigenvalue weighted by Gasteiger charge is 2.22. The van der Waals surface area contributed by atoms with E-state index in [0.29, 0.717) is 11.6 Å². The molecule has 0 fully saturated rings. The molecule has 0 unspecified atom stereocenters. The third-order valence-electron chi connectivity index (χ3n) is 5.05. The minimum atomic E-state index is 0.580. The molecule has 0 saturated heterocycles. The molecule has 0 aliphatic heterocycles. The normalized spacial score (nSPS) is 12.2. The molecule has 0 amide bonds. The molecule has 2 aromatic heterocycles. The Labute approximate surface area is 173 Å². The number of anilines is 3. The number of nitrogens with one attached hydrogen (secondary N) is 1. The molecule has 4 aromatic rings. The number of nitrogens with two attached hydrogens (primary N) is 1. The maximum absolute atomic E-state index is 5.88. The molecule has 5 nitrogen and oxygen atoms in total. The first kappa shape index (κ1) is 17.7. The Balaban J connectivity index is 1.52. The molecule has 29 heavy (non-hydrogen) atoms. The Bertz CT molecular complexity index is 1200. The van der Waals surface area contributed by atoms with Gasteiger partial charge in [0, 0.05) is 32.9 Å². The zero-order valence-electron chi connectivity index (χ0n) is 16.0. The van der Waals surface area contributed by atoms with Crippen LogP contribution in [0.2, 0.25) is 0 Å². The average Bonchev–Trinajstić information content (AvgIpc) is 3.19. The number of fused-ring (bicyclic) bond motifs is 3. The average molecular weight is 401 g/mol. The van der Waals surface area contributed by atoms with Crippen molar-refractivity contribution in [3.8, 4) is 27.4 Å². The van der Waals surface area contributed by atoms with Gasteiger partial charge in [0.15, 0.2) is 0 Å². The fourth-order valence-electron chi connectivity index (χ4n) is 3.61. The van der Waals surface area contributed by atoms with Crippen LogP contribution in [0.3, 0.4) is 0 Å². The summed E-state index contributed by atoms with van der Waals surface area (Å²) in [5.74, 6) is 1.45. The van der Waals surface area contributed by atoms with Crippen LogP contribution in [0.4, 0.5) is 17.3 Å². The number of hydrogen-bond acceptors (Lipinski definition) is 6. The summed E-state index contributed by atoms with van der Waals surface area (Å²) in [6.45, 7) is 0. The van der Waals surface area contributed by atoms with Gasteiger partial charge in [-0.1, -0.05) is 18.2 Å². The number of aromatic nitrogens is 2. The second-order valence-electron chi connectivity index (χ2n) is 7.00. The van der Waals surface area contributed by atoms with Crippen LogP contribution >= 0.6 is 11.3 Å². The molecule has 5 rings (SSSR count). The molecule has 1 aliphatic carbocycles. The second-order valence-corrected chi connectivity index (χ2v) is 8.13. The SMILES string of the molecule is COc1cccc(-c2cc3c(s2)CCc2cnc(Nc4cccc(N)c4)nc2-3)c1. The molecule has 1 aliphatic rings. The Morgan fingerprint density at radius 3 is 2.83 bits per heavy atom. The van der Waals surface area contributed by atoms with Crippen molar-refractivity contribution in [2.75, 3.05) is 18.2 Å². The van der Waals surface area contributed by atoms with E-state index in [0.717, 1.165) is 35.5 Å². The van der Waals surface area contributed by atoms with E-state index in [1.54, 1.807) is 7.11 Å². The molecule has 2 aromatic carbocycles. The molecule has 0 bridgehead atoms. The summed E-state index contributed by atoms with van der Waals surface area (Å²) < 4.78 is 5.38. The Morgan fingerprint density at radius 1 is 1.07 bits per heavy atom. The number of thiophene rings is 1. The summed E-state index contributed by atoms with van der Waals surface area (Å²) in [6.07, 6.45) is 3.91. The summed E-state index contributed by atoms with van der Waals surface area (Å²) >= 11 is 1.83. The summed E-state index contributed by atoms with van der Waals surface area (Å²) in [6, 6.07) is 18.0. The van der Waals surface area contributed by atoms with Crippen molar-refractivity contribution >= 4 is 28.7 Å². The van der Waals surface area contributed by atoms with Crippen molar-refractivity contribution in [1.29, 1.82) is 0 Å². The number of nitrogen functional groups attached to an aromatic ring is 1. The number of rotatable bonds is 4. The molecule has 2 heterocycles. The van der Waals surface area contributed by atoms with Crippen molar-refractivity contribution < 1.29 is 4.74 Å². The van der Waals surface area contributed by atoms with Crippen LogP contribution in [0, 0.1) is 0 Å². The lowest BCUT2D eigenvalue weighted by Gasteiger charge is -2.16. The first-order valence-corrected chi connectivity index (χ1v) is 10.3. The maximum atomic E-state index is 5.88. The van der Waals surface area contributed by atoms with Gasteiger partial charge in [-0.2, -0.15) is 0 Å². The molecule has 0 atom stereocenters. The van der Waals surface area contributed by atoms with Crippen LogP contribution in [-0.2, 0) is 12.8 Å². The molecular formula is C23H20N4OS. The van der Waals surface area contributed by atoms with Crippen LogP contribution in [0.1, 0.15) is 10.4 Å². The smallest absolute Gasteiger partial charge is 0.227 e. The minimum Gasteiger partial charge on any atom is -0.497 e. The van der Waals surface area contributed by atoms with Crippen LogP contribution in [0.15, 0.2) is 60.8 Å². The molecule has 144 valence electrons. The molecule has 3 N–H and O–H groups in total. The van der Waals surface area contributed by atoms with Gasteiger partial charge in [0.1, 0.15) is 5.75 Å². The fraction of sp³-hybridized carbons (Fsp3) is 0.130. The largest absolute Gasteiger partial charge is 0.497 e. The van der Waals surface area contributed by atoms with E-state index in [1.807, 2.05) is 53.9 Å². The van der Waals surface area contributed by atoms with Gasteiger partial charge in [-0.15, -0.1) is 11.3 Å². The van der Waals surface area contributed by atoms with E-state index in [1.165, 1.54) is 20.9 Å². The highest BCUT2D eigenvalue weighted by atomic mass is 32.1.